The second-order valence-electron chi connectivity index (χ2n) is 7.69. The van der Waals surface area contributed by atoms with Gasteiger partial charge < -0.3 is 10.2 Å². The van der Waals surface area contributed by atoms with Crippen LogP contribution in [0.5, 0.6) is 0 Å². The first-order valence-electron chi connectivity index (χ1n) is 8.43. The molecule has 1 N–H and O–H groups in total. The van der Waals surface area contributed by atoms with E-state index in [1.54, 1.807) is 6.07 Å². The molecule has 26 heavy (non-hydrogen) atoms. The Labute approximate surface area is 152 Å². The SMILES string of the molecule is CC(C)(C)CC(=O)C(=O)N1CC[C@H](C(=O)Nc2ccc(F)c(C#N)c2)C1. The summed E-state index contributed by atoms with van der Waals surface area (Å²) < 4.78 is 13.3. The van der Waals surface area contributed by atoms with Crippen molar-refractivity contribution in [3.05, 3.63) is 29.6 Å². The molecule has 1 aliphatic rings. The minimum atomic E-state index is -0.652. The van der Waals surface area contributed by atoms with Crippen molar-refractivity contribution < 1.29 is 18.8 Å². The topological polar surface area (TPSA) is 90.3 Å². The normalized spacial score (nSPS) is 16.9. The molecule has 0 unspecified atom stereocenters. The molecular formula is C19H22FN3O3. The van der Waals surface area contributed by atoms with Crippen molar-refractivity contribution in [2.45, 2.75) is 33.6 Å². The number of halogens is 1. The maximum atomic E-state index is 13.3. The van der Waals surface area contributed by atoms with Gasteiger partial charge in [0.2, 0.25) is 11.7 Å². The lowest BCUT2D eigenvalue weighted by atomic mass is 9.89. The van der Waals surface area contributed by atoms with Crippen molar-refractivity contribution in [2.24, 2.45) is 11.3 Å². The fourth-order valence-electron chi connectivity index (χ4n) is 2.83. The Hall–Kier alpha value is -2.75. The predicted molar refractivity (Wildman–Crippen MR) is 93.5 cm³/mol. The minimum absolute atomic E-state index is 0.154. The molecule has 1 aliphatic heterocycles. The summed E-state index contributed by atoms with van der Waals surface area (Å²) in [6.07, 6.45) is 0.610. The molecule has 0 spiro atoms. The Bertz CT molecular complexity index is 777. The lowest BCUT2D eigenvalue weighted by molar-refractivity contribution is -0.145. The van der Waals surface area contributed by atoms with Crippen LogP contribution in [-0.2, 0) is 14.4 Å². The molecule has 1 aromatic carbocycles. The molecule has 0 bridgehead atoms. The van der Waals surface area contributed by atoms with E-state index in [1.807, 2.05) is 20.8 Å². The summed E-state index contributed by atoms with van der Waals surface area (Å²) in [7, 11) is 0. The van der Waals surface area contributed by atoms with E-state index in [9.17, 15) is 18.8 Å². The molecule has 1 aromatic rings. The summed E-state index contributed by atoms with van der Waals surface area (Å²) in [5.41, 5.74) is -0.107. The zero-order chi connectivity index (χ0) is 19.5. The van der Waals surface area contributed by atoms with Crippen LogP contribution in [-0.4, -0.2) is 35.6 Å². The van der Waals surface area contributed by atoms with Crippen molar-refractivity contribution in [1.82, 2.24) is 4.90 Å². The zero-order valence-corrected chi connectivity index (χ0v) is 15.1. The van der Waals surface area contributed by atoms with E-state index in [4.69, 9.17) is 5.26 Å². The first-order valence-corrected chi connectivity index (χ1v) is 8.43. The summed E-state index contributed by atoms with van der Waals surface area (Å²) >= 11 is 0. The Morgan fingerprint density at radius 2 is 2.04 bits per heavy atom. The number of nitrogens with one attached hydrogen (secondary N) is 1. The number of nitriles is 1. The van der Waals surface area contributed by atoms with E-state index < -0.39 is 23.4 Å². The van der Waals surface area contributed by atoms with Crippen LogP contribution < -0.4 is 5.32 Å². The number of likely N-dealkylation sites (tertiary alicyclic amines) is 1. The third-order valence-corrected chi connectivity index (χ3v) is 4.13. The van der Waals surface area contributed by atoms with Crippen molar-refractivity contribution in [2.75, 3.05) is 18.4 Å². The highest BCUT2D eigenvalue weighted by atomic mass is 19.1. The molecule has 138 valence electrons. The van der Waals surface area contributed by atoms with Crippen LogP contribution in [0.15, 0.2) is 18.2 Å². The second-order valence-corrected chi connectivity index (χ2v) is 7.69. The summed E-state index contributed by atoms with van der Waals surface area (Å²) in [4.78, 5) is 38.1. The van der Waals surface area contributed by atoms with Gasteiger partial charge in [-0.05, 0) is 30.0 Å². The van der Waals surface area contributed by atoms with E-state index in [-0.39, 0.29) is 29.9 Å². The van der Waals surface area contributed by atoms with Crippen LogP contribution in [0, 0.1) is 28.5 Å². The number of amides is 2. The van der Waals surface area contributed by atoms with Crippen LogP contribution in [0.2, 0.25) is 0 Å². The maximum Gasteiger partial charge on any atom is 0.289 e. The Balaban J connectivity index is 1.96. The van der Waals surface area contributed by atoms with Gasteiger partial charge >= 0.3 is 0 Å². The Morgan fingerprint density at radius 3 is 2.65 bits per heavy atom. The Kier molecular flexibility index (Phi) is 5.76. The summed E-state index contributed by atoms with van der Waals surface area (Å²) in [6, 6.07) is 5.47. The average molecular weight is 359 g/mol. The van der Waals surface area contributed by atoms with E-state index in [0.29, 0.717) is 18.7 Å². The predicted octanol–water partition coefficient (Wildman–Crippen LogP) is 2.49. The van der Waals surface area contributed by atoms with Gasteiger partial charge in [0, 0.05) is 25.2 Å². The van der Waals surface area contributed by atoms with E-state index in [2.05, 4.69) is 5.32 Å². The van der Waals surface area contributed by atoms with Crippen LogP contribution in [0.1, 0.15) is 39.2 Å². The number of carbonyl (C=O) groups is 3. The number of ketones is 1. The van der Waals surface area contributed by atoms with Gasteiger partial charge in [-0.15, -0.1) is 0 Å². The fraction of sp³-hybridized carbons (Fsp3) is 0.474. The van der Waals surface area contributed by atoms with Gasteiger partial charge in [-0.2, -0.15) is 5.26 Å². The standard InChI is InChI=1S/C19H22FN3O3/c1-19(2,3)9-16(24)18(26)23-7-6-12(11-23)17(25)22-14-4-5-15(20)13(8-14)10-21/h4-5,8,12H,6-7,9,11H2,1-3H3,(H,22,25)/t12-/m0/s1. The highest BCUT2D eigenvalue weighted by Gasteiger charge is 2.34. The van der Waals surface area contributed by atoms with Gasteiger partial charge in [-0.25, -0.2) is 4.39 Å². The number of carbonyl (C=O) groups excluding carboxylic acids is 3. The quantitative estimate of drug-likeness (QED) is 0.836. The van der Waals surface area contributed by atoms with Crippen LogP contribution in [0.3, 0.4) is 0 Å². The summed E-state index contributed by atoms with van der Waals surface area (Å²) in [5, 5.41) is 11.5. The number of hydrogen-bond acceptors (Lipinski definition) is 4. The number of nitrogens with zero attached hydrogens (tertiary/aromatic N) is 2. The molecule has 1 heterocycles. The molecule has 7 heteroatoms. The van der Waals surface area contributed by atoms with Crippen molar-refractivity contribution >= 4 is 23.3 Å². The lowest BCUT2D eigenvalue weighted by Crippen LogP contribution is -2.37. The molecule has 0 saturated carbocycles. The monoisotopic (exact) mass is 359 g/mol. The highest BCUT2D eigenvalue weighted by Crippen LogP contribution is 2.23. The molecule has 0 aromatic heterocycles. The van der Waals surface area contributed by atoms with Gasteiger partial charge in [-0.3, -0.25) is 14.4 Å². The number of hydrogen-bond donors (Lipinski definition) is 1. The molecule has 2 rings (SSSR count). The number of anilines is 1. The van der Waals surface area contributed by atoms with Gasteiger partial charge in [-0.1, -0.05) is 20.8 Å². The molecule has 6 nitrogen and oxygen atoms in total. The maximum absolute atomic E-state index is 13.3. The zero-order valence-electron chi connectivity index (χ0n) is 15.1. The smallest absolute Gasteiger partial charge is 0.289 e. The van der Waals surface area contributed by atoms with Crippen molar-refractivity contribution in [3.63, 3.8) is 0 Å². The average Bonchev–Trinajstić information content (AvgIpc) is 3.04. The fourth-order valence-corrected chi connectivity index (χ4v) is 2.83. The number of benzene rings is 1. The second kappa shape index (κ2) is 7.65. The van der Waals surface area contributed by atoms with E-state index in [1.165, 1.54) is 17.0 Å². The minimum Gasteiger partial charge on any atom is -0.335 e. The lowest BCUT2D eigenvalue weighted by Gasteiger charge is -2.20. The van der Waals surface area contributed by atoms with Crippen LogP contribution in [0.4, 0.5) is 10.1 Å². The number of Topliss-reactive ketones (excluding diaryl/α,β-unsaturated/α-hetero) is 1. The molecule has 1 fully saturated rings. The van der Waals surface area contributed by atoms with Gasteiger partial charge in [0.25, 0.3) is 5.91 Å². The largest absolute Gasteiger partial charge is 0.335 e. The Morgan fingerprint density at radius 1 is 1.35 bits per heavy atom. The van der Waals surface area contributed by atoms with E-state index in [0.717, 1.165) is 6.07 Å². The third-order valence-electron chi connectivity index (χ3n) is 4.13. The van der Waals surface area contributed by atoms with Gasteiger partial charge in [0.05, 0.1) is 11.5 Å². The summed E-state index contributed by atoms with van der Waals surface area (Å²) in [5.74, 6) is -2.42. The molecule has 0 aliphatic carbocycles. The molecule has 0 radical (unpaired) electrons. The first-order chi connectivity index (χ1) is 12.1. The van der Waals surface area contributed by atoms with Crippen LogP contribution >= 0.6 is 0 Å². The molecule has 1 atom stereocenters. The van der Waals surface area contributed by atoms with Gasteiger partial charge in [0.1, 0.15) is 11.9 Å². The van der Waals surface area contributed by atoms with Crippen LogP contribution in [0.25, 0.3) is 0 Å². The third kappa shape index (κ3) is 4.88. The molecule has 1 saturated heterocycles. The molecule has 2 amide bonds. The molecular weight excluding hydrogens is 337 g/mol. The first kappa shape index (κ1) is 19.6. The van der Waals surface area contributed by atoms with Crippen molar-refractivity contribution in [3.8, 4) is 6.07 Å². The van der Waals surface area contributed by atoms with Crippen molar-refractivity contribution in [1.29, 1.82) is 5.26 Å². The van der Waals surface area contributed by atoms with E-state index >= 15 is 0 Å². The summed E-state index contributed by atoms with van der Waals surface area (Å²) in [6.45, 7) is 6.18. The van der Waals surface area contributed by atoms with Gasteiger partial charge in [0.15, 0.2) is 0 Å². The number of rotatable bonds is 4. The highest BCUT2D eigenvalue weighted by molar-refractivity contribution is 6.36.